The lowest BCUT2D eigenvalue weighted by Gasteiger charge is -2.24. The van der Waals surface area contributed by atoms with Gasteiger partial charge in [-0.25, -0.2) is 4.79 Å². The third-order valence-electron chi connectivity index (χ3n) is 6.06. The molecular weight excluding hydrogens is 352 g/mol. The molecule has 3 amide bonds. The van der Waals surface area contributed by atoms with Crippen LogP contribution in [0.15, 0.2) is 42.5 Å². The molecule has 0 unspecified atom stereocenters. The summed E-state index contributed by atoms with van der Waals surface area (Å²) < 4.78 is 0. The summed E-state index contributed by atoms with van der Waals surface area (Å²) >= 11 is 0. The molecule has 3 atom stereocenters. The van der Waals surface area contributed by atoms with E-state index in [4.69, 9.17) is 5.73 Å². The number of anilines is 1. The van der Waals surface area contributed by atoms with Crippen LogP contribution in [-0.2, 0) is 4.79 Å². The summed E-state index contributed by atoms with van der Waals surface area (Å²) in [6.07, 6.45) is 4.63. The van der Waals surface area contributed by atoms with Crippen molar-refractivity contribution in [3.05, 3.63) is 42.5 Å². The van der Waals surface area contributed by atoms with Crippen LogP contribution in [0.25, 0.3) is 10.8 Å². The van der Waals surface area contributed by atoms with Gasteiger partial charge >= 0.3 is 6.03 Å². The number of carbonyl (C=O) groups excluding carboxylic acids is 2. The smallest absolute Gasteiger partial charge is 0.319 e. The Balaban J connectivity index is 1.32. The quantitative estimate of drug-likeness (QED) is 0.762. The highest BCUT2D eigenvalue weighted by atomic mass is 16.2. The number of nitrogens with two attached hydrogens (primary N) is 1. The summed E-state index contributed by atoms with van der Waals surface area (Å²) in [6, 6.07) is 13.2. The fourth-order valence-corrected chi connectivity index (χ4v) is 4.50. The van der Waals surface area contributed by atoms with Crippen molar-refractivity contribution >= 4 is 28.4 Å². The molecule has 6 nitrogen and oxygen atoms in total. The Hall–Kier alpha value is -2.60. The number of fused-ring (bicyclic) bond motifs is 1. The minimum atomic E-state index is -0.453. The minimum absolute atomic E-state index is 0.0532. The summed E-state index contributed by atoms with van der Waals surface area (Å²) in [4.78, 5) is 26.9. The lowest BCUT2D eigenvalue weighted by Crippen LogP contribution is -2.46. The average molecular weight is 380 g/mol. The van der Waals surface area contributed by atoms with Crippen LogP contribution in [0.4, 0.5) is 10.5 Å². The van der Waals surface area contributed by atoms with Crippen LogP contribution in [0.3, 0.4) is 0 Å². The molecule has 0 bridgehead atoms. The minimum Gasteiger partial charge on any atom is -0.341 e. The molecule has 0 radical (unpaired) electrons. The first-order valence-corrected chi connectivity index (χ1v) is 10.2. The molecule has 6 heteroatoms. The van der Waals surface area contributed by atoms with E-state index in [1.165, 1.54) is 0 Å². The summed E-state index contributed by atoms with van der Waals surface area (Å²) in [5.41, 5.74) is 7.06. The Kier molecular flexibility index (Phi) is 5.48. The Morgan fingerprint density at radius 3 is 2.61 bits per heavy atom. The van der Waals surface area contributed by atoms with Crippen LogP contribution in [0, 0.1) is 5.92 Å². The maximum Gasteiger partial charge on any atom is 0.319 e. The van der Waals surface area contributed by atoms with E-state index in [1.54, 1.807) is 0 Å². The number of hydrogen-bond donors (Lipinski definition) is 3. The highest BCUT2D eigenvalue weighted by Gasteiger charge is 2.35. The molecule has 1 saturated heterocycles. The number of carbonyl (C=O) groups is 2. The third-order valence-corrected chi connectivity index (χ3v) is 6.06. The van der Waals surface area contributed by atoms with Gasteiger partial charge in [0.2, 0.25) is 5.91 Å². The van der Waals surface area contributed by atoms with E-state index >= 15 is 0 Å². The standard InChI is InChI=1S/C22H28N4O2/c23-20(21(27)26-12-3-4-13-26)16-10-11-17(14-16)24-22(28)25-19-9-5-7-15-6-1-2-8-18(15)19/h1-2,5-9,16-17,20H,3-4,10-14,23H2,(H2,24,25,28)/t16-,17+,20-/m0/s1. The highest BCUT2D eigenvalue weighted by molar-refractivity contribution is 6.01. The van der Waals surface area contributed by atoms with Crippen molar-refractivity contribution in [3.8, 4) is 0 Å². The van der Waals surface area contributed by atoms with Crippen molar-refractivity contribution in [2.75, 3.05) is 18.4 Å². The van der Waals surface area contributed by atoms with Crippen molar-refractivity contribution in [2.45, 2.75) is 44.2 Å². The monoisotopic (exact) mass is 380 g/mol. The molecule has 4 rings (SSSR count). The first-order valence-electron chi connectivity index (χ1n) is 10.2. The summed E-state index contributed by atoms with van der Waals surface area (Å²) in [7, 11) is 0. The van der Waals surface area contributed by atoms with E-state index in [0.717, 1.165) is 61.7 Å². The first-order chi connectivity index (χ1) is 13.6. The molecule has 4 N–H and O–H groups in total. The zero-order valence-electron chi connectivity index (χ0n) is 16.1. The molecule has 28 heavy (non-hydrogen) atoms. The maximum atomic E-state index is 12.5. The molecule has 1 heterocycles. The third kappa shape index (κ3) is 3.97. The van der Waals surface area contributed by atoms with Crippen LogP contribution >= 0.6 is 0 Å². The molecule has 148 valence electrons. The van der Waals surface area contributed by atoms with Crippen LogP contribution in [0.5, 0.6) is 0 Å². The van der Waals surface area contributed by atoms with Crippen LogP contribution < -0.4 is 16.4 Å². The number of benzene rings is 2. The lowest BCUT2D eigenvalue weighted by molar-refractivity contribution is -0.132. The van der Waals surface area contributed by atoms with E-state index in [9.17, 15) is 9.59 Å². The molecule has 0 spiro atoms. The van der Waals surface area contributed by atoms with Gasteiger partial charge in [0.25, 0.3) is 0 Å². The van der Waals surface area contributed by atoms with Gasteiger partial charge in [0.15, 0.2) is 0 Å². The van der Waals surface area contributed by atoms with Crippen molar-refractivity contribution in [1.29, 1.82) is 0 Å². The number of nitrogens with zero attached hydrogens (tertiary/aromatic N) is 1. The molecule has 1 saturated carbocycles. The van der Waals surface area contributed by atoms with Crippen molar-refractivity contribution < 1.29 is 9.59 Å². The number of nitrogens with one attached hydrogen (secondary N) is 2. The highest BCUT2D eigenvalue weighted by Crippen LogP contribution is 2.29. The summed E-state index contributed by atoms with van der Waals surface area (Å²) in [5, 5.41) is 8.13. The number of hydrogen-bond acceptors (Lipinski definition) is 3. The number of likely N-dealkylation sites (tertiary alicyclic amines) is 1. The Bertz CT molecular complexity index is 857. The van der Waals surface area contributed by atoms with E-state index in [-0.39, 0.29) is 23.9 Å². The van der Waals surface area contributed by atoms with Gasteiger partial charge in [-0.1, -0.05) is 36.4 Å². The first kappa shape index (κ1) is 18.7. The predicted molar refractivity (Wildman–Crippen MR) is 111 cm³/mol. The zero-order chi connectivity index (χ0) is 19.5. The fourth-order valence-electron chi connectivity index (χ4n) is 4.50. The van der Waals surface area contributed by atoms with Gasteiger partial charge in [0, 0.05) is 24.5 Å². The van der Waals surface area contributed by atoms with Gasteiger partial charge in [-0.3, -0.25) is 4.79 Å². The topological polar surface area (TPSA) is 87.5 Å². The van der Waals surface area contributed by atoms with Gasteiger partial charge < -0.3 is 21.3 Å². The molecule has 2 fully saturated rings. The van der Waals surface area contributed by atoms with Gasteiger partial charge in [-0.05, 0) is 49.5 Å². The van der Waals surface area contributed by atoms with E-state index in [0.29, 0.717) is 0 Å². The van der Waals surface area contributed by atoms with E-state index in [1.807, 2.05) is 47.4 Å². The second-order valence-electron chi connectivity index (χ2n) is 7.95. The second-order valence-corrected chi connectivity index (χ2v) is 7.95. The van der Waals surface area contributed by atoms with Crippen LogP contribution in [0.1, 0.15) is 32.1 Å². The van der Waals surface area contributed by atoms with Crippen LogP contribution in [0.2, 0.25) is 0 Å². The lowest BCUT2D eigenvalue weighted by atomic mass is 9.97. The van der Waals surface area contributed by atoms with Gasteiger partial charge in [0.05, 0.1) is 11.7 Å². The molecule has 1 aliphatic carbocycles. The maximum absolute atomic E-state index is 12.5. The zero-order valence-corrected chi connectivity index (χ0v) is 16.1. The molecule has 0 aromatic heterocycles. The van der Waals surface area contributed by atoms with Crippen molar-refractivity contribution in [1.82, 2.24) is 10.2 Å². The SMILES string of the molecule is N[C@H](C(=O)N1CCCC1)[C@H]1CC[C@@H](NC(=O)Nc2cccc3ccccc23)C1. The largest absolute Gasteiger partial charge is 0.341 e. The fraction of sp³-hybridized carbons (Fsp3) is 0.455. The predicted octanol–water partition coefficient (Wildman–Crippen LogP) is 3.08. The normalized spacial score (nSPS) is 23.0. The van der Waals surface area contributed by atoms with Gasteiger partial charge in [-0.15, -0.1) is 0 Å². The molecule has 1 aliphatic heterocycles. The molecular formula is C22H28N4O2. The Labute approximate surface area is 165 Å². The number of urea groups is 1. The average Bonchev–Trinajstić information content (AvgIpc) is 3.39. The van der Waals surface area contributed by atoms with Gasteiger partial charge in [0.1, 0.15) is 0 Å². The summed E-state index contributed by atoms with van der Waals surface area (Å²) in [5.74, 6) is 0.208. The Morgan fingerprint density at radius 1 is 1.04 bits per heavy atom. The number of rotatable bonds is 4. The van der Waals surface area contributed by atoms with E-state index in [2.05, 4.69) is 10.6 Å². The molecule has 2 aromatic rings. The summed E-state index contributed by atoms with van der Waals surface area (Å²) in [6.45, 7) is 1.66. The van der Waals surface area contributed by atoms with E-state index < -0.39 is 6.04 Å². The Morgan fingerprint density at radius 2 is 1.79 bits per heavy atom. The molecule has 2 aromatic carbocycles. The number of amides is 3. The molecule has 2 aliphatic rings. The van der Waals surface area contributed by atoms with Crippen molar-refractivity contribution in [3.63, 3.8) is 0 Å². The van der Waals surface area contributed by atoms with Crippen LogP contribution in [-0.4, -0.2) is 42.0 Å². The van der Waals surface area contributed by atoms with Crippen molar-refractivity contribution in [2.24, 2.45) is 11.7 Å². The van der Waals surface area contributed by atoms with Gasteiger partial charge in [-0.2, -0.15) is 0 Å². The second kappa shape index (κ2) is 8.19.